The van der Waals surface area contributed by atoms with Gasteiger partial charge in [0.05, 0.1) is 11.9 Å². The van der Waals surface area contributed by atoms with Crippen molar-refractivity contribution in [3.63, 3.8) is 0 Å². The number of benzene rings is 2. The third-order valence-corrected chi connectivity index (χ3v) is 3.32. The first-order valence-electron chi connectivity index (χ1n) is 6.96. The molecule has 1 aromatic heterocycles. The number of pyridine rings is 1. The van der Waals surface area contributed by atoms with Crippen LogP contribution in [0.25, 0.3) is 0 Å². The van der Waals surface area contributed by atoms with Crippen LogP contribution in [0.1, 0.15) is 10.4 Å². The average molecular weight is 325 g/mol. The Bertz CT molecular complexity index is 788. The van der Waals surface area contributed by atoms with Gasteiger partial charge in [-0.15, -0.1) is 0 Å². The summed E-state index contributed by atoms with van der Waals surface area (Å²) in [5.41, 5.74) is 1.12. The molecular formula is C18H13ClN2O2. The molecule has 0 radical (unpaired) electrons. The normalized spacial score (nSPS) is 10.1. The summed E-state index contributed by atoms with van der Waals surface area (Å²) < 4.78 is 5.60. The molecule has 3 aromatic rings. The van der Waals surface area contributed by atoms with E-state index in [-0.39, 0.29) is 5.91 Å². The van der Waals surface area contributed by atoms with Crippen LogP contribution in [-0.2, 0) is 0 Å². The number of hydrogen-bond donors (Lipinski definition) is 1. The van der Waals surface area contributed by atoms with Crippen LogP contribution in [0.5, 0.6) is 11.6 Å². The van der Waals surface area contributed by atoms with Crippen LogP contribution in [0.2, 0.25) is 5.02 Å². The second kappa shape index (κ2) is 6.94. The molecule has 0 saturated heterocycles. The van der Waals surface area contributed by atoms with Crippen molar-refractivity contribution in [3.05, 3.63) is 83.5 Å². The number of amides is 1. The molecule has 2 aromatic carbocycles. The highest BCUT2D eigenvalue weighted by atomic mass is 35.5. The highest BCUT2D eigenvalue weighted by Crippen LogP contribution is 2.20. The van der Waals surface area contributed by atoms with Crippen molar-refractivity contribution >= 4 is 23.2 Å². The lowest BCUT2D eigenvalue weighted by atomic mass is 10.2. The fourth-order valence-corrected chi connectivity index (χ4v) is 2.05. The van der Waals surface area contributed by atoms with Gasteiger partial charge < -0.3 is 10.1 Å². The molecule has 0 bridgehead atoms. The van der Waals surface area contributed by atoms with E-state index in [1.165, 1.54) is 0 Å². The lowest BCUT2D eigenvalue weighted by Gasteiger charge is -2.07. The third-order valence-electron chi connectivity index (χ3n) is 3.07. The Labute approximate surface area is 138 Å². The number of anilines is 1. The molecule has 23 heavy (non-hydrogen) atoms. The maximum atomic E-state index is 12.1. The predicted molar refractivity (Wildman–Crippen MR) is 90.2 cm³/mol. The standard InChI is InChI=1S/C18H13ClN2O2/c19-14-8-6-13(7-9-14)18(22)21-15-10-11-17(20-12-15)23-16-4-2-1-3-5-16/h1-12H,(H,21,22). The van der Waals surface area contributed by atoms with Crippen LogP contribution < -0.4 is 10.1 Å². The van der Waals surface area contributed by atoms with Crippen LogP contribution >= 0.6 is 11.6 Å². The van der Waals surface area contributed by atoms with Crippen LogP contribution in [0.15, 0.2) is 72.9 Å². The van der Waals surface area contributed by atoms with Gasteiger partial charge in [-0.05, 0) is 42.5 Å². The number of carbonyl (C=O) groups excluding carboxylic acids is 1. The fraction of sp³-hybridized carbons (Fsp3) is 0. The van der Waals surface area contributed by atoms with Gasteiger partial charge in [-0.2, -0.15) is 0 Å². The zero-order chi connectivity index (χ0) is 16.1. The molecule has 0 aliphatic rings. The van der Waals surface area contributed by atoms with E-state index in [1.807, 2.05) is 30.3 Å². The minimum absolute atomic E-state index is 0.222. The molecule has 0 aliphatic carbocycles. The van der Waals surface area contributed by atoms with E-state index in [2.05, 4.69) is 10.3 Å². The van der Waals surface area contributed by atoms with E-state index in [0.29, 0.717) is 27.9 Å². The number of nitrogens with one attached hydrogen (secondary N) is 1. The van der Waals surface area contributed by atoms with Crippen molar-refractivity contribution in [2.75, 3.05) is 5.32 Å². The Morgan fingerprint density at radius 1 is 0.957 bits per heavy atom. The topological polar surface area (TPSA) is 51.2 Å². The zero-order valence-electron chi connectivity index (χ0n) is 12.1. The summed E-state index contributed by atoms with van der Waals surface area (Å²) in [4.78, 5) is 16.3. The predicted octanol–water partition coefficient (Wildman–Crippen LogP) is 4.78. The Morgan fingerprint density at radius 2 is 1.70 bits per heavy atom. The molecule has 0 unspecified atom stereocenters. The average Bonchev–Trinajstić information content (AvgIpc) is 2.58. The van der Waals surface area contributed by atoms with Crippen molar-refractivity contribution < 1.29 is 9.53 Å². The first-order valence-corrected chi connectivity index (χ1v) is 7.34. The van der Waals surface area contributed by atoms with Gasteiger partial charge >= 0.3 is 0 Å². The molecular weight excluding hydrogens is 312 g/mol. The van der Waals surface area contributed by atoms with Gasteiger partial charge in [0, 0.05) is 16.7 Å². The Morgan fingerprint density at radius 3 is 2.35 bits per heavy atom. The minimum Gasteiger partial charge on any atom is -0.439 e. The second-order valence-corrected chi connectivity index (χ2v) is 5.20. The van der Waals surface area contributed by atoms with Crippen molar-refractivity contribution in [2.45, 2.75) is 0 Å². The molecule has 0 saturated carbocycles. The molecule has 3 rings (SSSR count). The monoisotopic (exact) mass is 324 g/mol. The van der Waals surface area contributed by atoms with Gasteiger partial charge in [-0.1, -0.05) is 29.8 Å². The first kappa shape index (κ1) is 15.1. The molecule has 114 valence electrons. The number of nitrogens with zero attached hydrogens (tertiary/aromatic N) is 1. The molecule has 0 fully saturated rings. The largest absolute Gasteiger partial charge is 0.439 e. The highest BCUT2D eigenvalue weighted by molar-refractivity contribution is 6.30. The Balaban J connectivity index is 1.65. The number of halogens is 1. The summed E-state index contributed by atoms with van der Waals surface area (Å²) in [6.07, 6.45) is 1.55. The quantitative estimate of drug-likeness (QED) is 0.751. The van der Waals surface area contributed by atoms with Gasteiger partial charge in [0.25, 0.3) is 5.91 Å². The summed E-state index contributed by atoms with van der Waals surface area (Å²) in [5.74, 6) is 0.943. The Hall–Kier alpha value is -2.85. The summed E-state index contributed by atoms with van der Waals surface area (Å²) in [5, 5.41) is 3.36. The van der Waals surface area contributed by atoms with Crippen LogP contribution in [0.4, 0.5) is 5.69 Å². The number of rotatable bonds is 4. The third kappa shape index (κ3) is 4.08. The fourth-order valence-electron chi connectivity index (χ4n) is 1.93. The lowest BCUT2D eigenvalue weighted by Crippen LogP contribution is -2.11. The van der Waals surface area contributed by atoms with Crippen molar-refractivity contribution in [3.8, 4) is 11.6 Å². The van der Waals surface area contributed by atoms with E-state index in [0.717, 1.165) is 0 Å². The number of para-hydroxylation sites is 1. The molecule has 0 aliphatic heterocycles. The van der Waals surface area contributed by atoms with E-state index < -0.39 is 0 Å². The van der Waals surface area contributed by atoms with Crippen LogP contribution in [0.3, 0.4) is 0 Å². The zero-order valence-corrected chi connectivity index (χ0v) is 12.8. The molecule has 1 N–H and O–H groups in total. The smallest absolute Gasteiger partial charge is 0.255 e. The molecule has 4 nitrogen and oxygen atoms in total. The minimum atomic E-state index is -0.222. The summed E-state index contributed by atoms with van der Waals surface area (Å²) in [7, 11) is 0. The maximum Gasteiger partial charge on any atom is 0.255 e. The van der Waals surface area contributed by atoms with Gasteiger partial charge in [0.1, 0.15) is 5.75 Å². The van der Waals surface area contributed by atoms with Gasteiger partial charge in [0.15, 0.2) is 0 Å². The van der Waals surface area contributed by atoms with Gasteiger partial charge in [-0.25, -0.2) is 4.98 Å². The molecule has 0 spiro atoms. The van der Waals surface area contributed by atoms with Crippen molar-refractivity contribution in [1.29, 1.82) is 0 Å². The molecule has 1 heterocycles. The first-order chi connectivity index (χ1) is 11.2. The summed E-state index contributed by atoms with van der Waals surface area (Å²) >= 11 is 5.80. The molecule has 1 amide bonds. The van der Waals surface area contributed by atoms with E-state index in [4.69, 9.17) is 16.3 Å². The van der Waals surface area contributed by atoms with Crippen molar-refractivity contribution in [1.82, 2.24) is 4.98 Å². The lowest BCUT2D eigenvalue weighted by molar-refractivity contribution is 0.102. The maximum absolute atomic E-state index is 12.1. The molecule has 5 heteroatoms. The second-order valence-electron chi connectivity index (χ2n) is 4.76. The van der Waals surface area contributed by atoms with Gasteiger partial charge in [-0.3, -0.25) is 4.79 Å². The Kier molecular flexibility index (Phi) is 4.54. The van der Waals surface area contributed by atoms with Crippen molar-refractivity contribution in [2.24, 2.45) is 0 Å². The van der Waals surface area contributed by atoms with E-state index in [1.54, 1.807) is 42.6 Å². The number of carbonyl (C=O) groups is 1. The molecule has 0 atom stereocenters. The van der Waals surface area contributed by atoms with Crippen LogP contribution in [-0.4, -0.2) is 10.9 Å². The van der Waals surface area contributed by atoms with E-state index >= 15 is 0 Å². The number of aromatic nitrogens is 1. The van der Waals surface area contributed by atoms with Gasteiger partial charge in [0.2, 0.25) is 5.88 Å². The summed E-state index contributed by atoms with van der Waals surface area (Å²) in [6, 6.07) is 19.5. The SMILES string of the molecule is O=C(Nc1ccc(Oc2ccccc2)nc1)c1ccc(Cl)cc1. The number of ether oxygens (including phenoxy) is 1. The van der Waals surface area contributed by atoms with Crippen LogP contribution in [0, 0.1) is 0 Å². The highest BCUT2D eigenvalue weighted by Gasteiger charge is 2.06. The van der Waals surface area contributed by atoms with E-state index in [9.17, 15) is 4.79 Å². The number of hydrogen-bond acceptors (Lipinski definition) is 3. The summed E-state index contributed by atoms with van der Waals surface area (Å²) in [6.45, 7) is 0.